The van der Waals surface area contributed by atoms with Crippen LogP contribution in [0.2, 0.25) is 0 Å². The molecular weight excluding hydrogens is 510 g/mol. The molecule has 0 aliphatic carbocycles. The molecule has 0 heterocycles. The monoisotopic (exact) mass is 549 g/mol. The van der Waals surface area contributed by atoms with Gasteiger partial charge in [-0.25, -0.2) is 8.42 Å². The molecule has 0 bridgehead atoms. The molecule has 39 heavy (non-hydrogen) atoms. The van der Waals surface area contributed by atoms with E-state index in [-0.39, 0.29) is 23.4 Å². The summed E-state index contributed by atoms with van der Waals surface area (Å²) in [5, 5.41) is 2.95. The van der Waals surface area contributed by atoms with Crippen LogP contribution in [0.5, 0.6) is 0 Å². The van der Waals surface area contributed by atoms with Crippen LogP contribution in [-0.4, -0.2) is 43.8 Å². The molecule has 0 radical (unpaired) electrons. The van der Waals surface area contributed by atoms with Crippen LogP contribution in [0.1, 0.15) is 49.4 Å². The van der Waals surface area contributed by atoms with Crippen molar-refractivity contribution >= 4 is 27.5 Å². The summed E-state index contributed by atoms with van der Waals surface area (Å²) in [5.74, 6) is -0.754. The van der Waals surface area contributed by atoms with Gasteiger partial charge in [0.2, 0.25) is 11.8 Å². The van der Waals surface area contributed by atoms with Crippen LogP contribution < -0.4 is 9.62 Å². The maximum Gasteiger partial charge on any atom is 0.264 e. The van der Waals surface area contributed by atoms with Crippen LogP contribution in [0.15, 0.2) is 77.7 Å². The number of rotatable bonds is 11. The molecule has 0 unspecified atom stereocenters. The number of anilines is 1. The van der Waals surface area contributed by atoms with Crippen LogP contribution >= 0.6 is 0 Å². The van der Waals surface area contributed by atoms with Gasteiger partial charge in [0.15, 0.2) is 0 Å². The van der Waals surface area contributed by atoms with Crippen molar-refractivity contribution < 1.29 is 18.0 Å². The fourth-order valence-electron chi connectivity index (χ4n) is 4.40. The van der Waals surface area contributed by atoms with Gasteiger partial charge < -0.3 is 10.2 Å². The Labute approximate surface area is 232 Å². The average molecular weight is 550 g/mol. The molecule has 8 heteroatoms. The van der Waals surface area contributed by atoms with Crippen molar-refractivity contribution in [3.63, 3.8) is 0 Å². The van der Waals surface area contributed by atoms with Crippen LogP contribution in [-0.2, 0) is 26.2 Å². The second-order valence-electron chi connectivity index (χ2n) is 10.2. The summed E-state index contributed by atoms with van der Waals surface area (Å²) in [6.07, 6.45) is 0.750. The van der Waals surface area contributed by atoms with E-state index in [2.05, 4.69) is 5.32 Å². The Balaban J connectivity index is 2.05. The summed E-state index contributed by atoms with van der Waals surface area (Å²) in [6, 6.07) is 20.4. The second-order valence-corrected chi connectivity index (χ2v) is 12.0. The normalized spacial score (nSPS) is 12.9. The summed E-state index contributed by atoms with van der Waals surface area (Å²) in [4.78, 5) is 28.7. The Morgan fingerprint density at radius 2 is 1.49 bits per heavy atom. The van der Waals surface area contributed by atoms with Crippen molar-refractivity contribution in [2.45, 2.75) is 71.5 Å². The van der Waals surface area contributed by atoms with Crippen molar-refractivity contribution in [1.29, 1.82) is 0 Å². The zero-order valence-corrected chi connectivity index (χ0v) is 24.5. The largest absolute Gasteiger partial charge is 0.352 e. The second kappa shape index (κ2) is 12.9. The van der Waals surface area contributed by atoms with E-state index in [1.54, 1.807) is 37.3 Å². The first-order valence-corrected chi connectivity index (χ1v) is 14.7. The van der Waals surface area contributed by atoms with Gasteiger partial charge in [-0.3, -0.25) is 13.9 Å². The van der Waals surface area contributed by atoms with Gasteiger partial charge in [0.25, 0.3) is 10.0 Å². The van der Waals surface area contributed by atoms with E-state index in [1.165, 1.54) is 17.0 Å². The Kier molecular flexibility index (Phi) is 9.92. The van der Waals surface area contributed by atoms with Crippen molar-refractivity contribution in [1.82, 2.24) is 10.2 Å². The number of hydrogen-bond donors (Lipinski definition) is 1. The Bertz CT molecular complexity index is 1390. The number of nitrogens with one attached hydrogen (secondary N) is 1. The van der Waals surface area contributed by atoms with Gasteiger partial charge in [0.1, 0.15) is 12.6 Å². The molecule has 0 spiro atoms. The molecule has 2 atom stereocenters. The van der Waals surface area contributed by atoms with E-state index in [1.807, 2.05) is 65.0 Å². The summed E-state index contributed by atoms with van der Waals surface area (Å²) in [7, 11) is -4.08. The molecule has 0 aromatic heterocycles. The molecule has 3 aromatic carbocycles. The van der Waals surface area contributed by atoms with Gasteiger partial charge in [0, 0.05) is 12.6 Å². The number of sulfonamides is 1. The Hall–Kier alpha value is -3.65. The fourth-order valence-corrected chi connectivity index (χ4v) is 5.82. The molecule has 0 fully saturated rings. The molecule has 0 aliphatic heterocycles. The van der Waals surface area contributed by atoms with Crippen LogP contribution in [0.25, 0.3) is 0 Å². The minimum atomic E-state index is -4.08. The first-order valence-electron chi connectivity index (χ1n) is 13.2. The van der Waals surface area contributed by atoms with E-state index < -0.39 is 28.5 Å². The molecule has 1 N–H and O–H groups in total. The molecule has 208 valence electrons. The van der Waals surface area contributed by atoms with Gasteiger partial charge in [0.05, 0.1) is 10.6 Å². The lowest BCUT2D eigenvalue weighted by Crippen LogP contribution is -2.52. The fraction of sp³-hybridized carbons (Fsp3) is 0.355. The number of hydrogen-bond acceptors (Lipinski definition) is 4. The number of benzene rings is 3. The third kappa shape index (κ3) is 7.69. The maximum atomic E-state index is 14.0. The highest BCUT2D eigenvalue weighted by molar-refractivity contribution is 7.92. The number of aryl methyl sites for hydroxylation is 3. The third-order valence-corrected chi connectivity index (χ3v) is 8.50. The summed E-state index contributed by atoms with van der Waals surface area (Å²) in [5.41, 5.74) is 4.04. The van der Waals surface area contributed by atoms with E-state index in [9.17, 15) is 18.0 Å². The van der Waals surface area contributed by atoms with Crippen molar-refractivity contribution in [3.05, 3.63) is 95.1 Å². The van der Waals surface area contributed by atoms with Gasteiger partial charge in [-0.05, 0) is 82.0 Å². The van der Waals surface area contributed by atoms with Gasteiger partial charge in [-0.2, -0.15) is 0 Å². The first-order chi connectivity index (χ1) is 18.4. The lowest BCUT2D eigenvalue weighted by Gasteiger charge is -2.32. The van der Waals surface area contributed by atoms with Crippen LogP contribution in [0.3, 0.4) is 0 Å². The average Bonchev–Trinajstić information content (AvgIpc) is 2.89. The minimum Gasteiger partial charge on any atom is -0.352 e. The first kappa shape index (κ1) is 29.9. The smallest absolute Gasteiger partial charge is 0.264 e. The zero-order chi connectivity index (χ0) is 28.7. The molecule has 2 amide bonds. The molecule has 0 saturated carbocycles. The standard InChI is InChI=1S/C31H39N3O4S/c1-7-25(5)32-31(36)26(6)33(20-27-13-11-12-22(2)17-27)30(35)21-34(28-18-23(3)16-24(4)19-28)39(37,38)29-14-9-8-10-15-29/h8-19,25-26H,7,20-21H2,1-6H3,(H,32,36)/t25-,26+/m0/s1. The number of amides is 2. The highest BCUT2D eigenvalue weighted by Crippen LogP contribution is 2.26. The number of carbonyl (C=O) groups excluding carboxylic acids is 2. The van der Waals surface area contributed by atoms with E-state index in [0.29, 0.717) is 5.69 Å². The maximum absolute atomic E-state index is 14.0. The lowest BCUT2D eigenvalue weighted by molar-refractivity contribution is -0.139. The molecular formula is C31H39N3O4S. The third-order valence-electron chi connectivity index (χ3n) is 6.71. The topological polar surface area (TPSA) is 86.8 Å². The highest BCUT2D eigenvalue weighted by Gasteiger charge is 2.33. The summed E-state index contributed by atoms with van der Waals surface area (Å²) in [6.45, 7) is 11.0. The quantitative estimate of drug-likeness (QED) is 0.359. The highest BCUT2D eigenvalue weighted by atomic mass is 32.2. The van der Waals surface area contributed by atoms with Crippen molar-refractivity contribution in [2.24, 2.45) is 0 Å². The minimum absolute atomic E-state index is 0.0545. The molecule has 3 aromatic rings. The predicted octanol–water partition coefficient (Wildman–Crippen LogP) is 5.14. The van der Waals surface area contributed by atoms with E-state index in [0.717, 1.165) is 33.0 Å². The van der Waals surface area contributed by atoms with Gasteiger partial charge in [-0.1, -0.05) is 61.0 Å². The molecule has 7 nitrogen and oxygen atoms in total. The van der Waals surface area contributed by atoms with Gasteiger partial charge >= 0.3 is 0 Å². The van der Waals surface area contributed by atoms with Crippen molar-refractivity contribution in [3.8, 4) is 0 Å². The summed E-state index contributed by atoms with van der Waals surface area (Å²) < 4.78 is 28.9. The lowest BCUT2D eigenvalue weighted by atomic mass is 10.1. The van der Waals surface area contributed by atoms with E-state index in [4.69, 9.17) is 0 Å². The van der Waals surface area contributed by atoms with E-state index >= 15 is 0 Å². The number of carbonyl (C=O) groups is 2. The predicted molar refractivity (Wildman–Crippen MR) is 156 cm³/mol. The summed E-state index contributed by atoms with van der Waals surface area (Å²) >= 11 is 0. The molecule has 0 saturated heterocycles. The SMILES string of the molecule is CC[C@H](C)NC(=O)[C@@H](C)N(Cc1cccc(C)c1)C(=O)CN(c1cc(C)cc(C)c1)S(=O)(=O)c1ccccc1. The van der Waals surface area contributed by atoms with Crippen LogP contribution in [0.4, 0.5) is 5.69 Å². The van der Waals surface area contributed by atoms with Crippen LogP contribution in [0, 0.1) is 20.8 Å². The van der Waals surface area contributed by atoms with Crippen molar-refractivity contribution in [2.75, 3.05) is 10.8 Å². The Morgan fingerprint density at radius 3 is 2.08 bits per heavy atom. The zero-order valence-electron chi connectivity index (χ0n) is 23.6. The van der Waals surface area contributed by atoms with Gasteiger partial charge in [-0.15, -0.1) is 0 Å². The number of nitrogens with zero attached hydrogens (tertiary/aromatic N) is 2. The Morgan fingerprint density at radius 1 is 0.846 bits per heavy atom. The molecule has 3 rings (SSSR count). The molecule has 0 aliphatic rings.